The lowest BCUT2D eigenvalue weighted by Gasteiger charge is -2.10. The summed E-state index contributed by atoms with van der Waals surface area (Å²) in [6.07, 6.45) is 0. The van der Waals surface area contributed by atoms with Gasteiger partial charge in [-0.05, 0) is 18.1 Å². The summed E-state index contributed by atoms with van der Waals surface area (Å²) >= 11 is 1.69. The van der Waals surface area contributed by atoms with E-state index in [0.717, 1.165) is 16.6 Å². The summed E-state index contributed by atoms with van der Waals surface area (Å²) in [5, 5.41) is 4.07. The molecule has 0 radical (unpaired) electrons. The molecule has 1 aromatic carbocycles. The third-order valence-electron chi connectivity index (χ3n) is 2.85. The first-order valence-corrected chi connectivity index (χ1v) is 6.90. The molecule has 1 N–H and O–H groups in total. The normalized spacial score (nSPS) is 18.9. The molecular weight excluding hydrogens is 251 g/mol. The molecule has 0 spiro atoms. The van der Waals surface area contributed by atoms with Gasteiger partial charge in [0.15, 0.2) is 5.17 Å². The van der Waals surface area contributed by atoms with Crippen LogP contribution in [0.4, 0.5) is 10.1 Å². The maximum absolute atomic E-state index is 13.1. The van der Waals surface area contributed by atoms with Gasteiger partial charge in [-0.1, -0.05) is 25.6 Å². The zero-order chi connectivity index (χ0) is 13.1. The lowest BCUT2D eigenvalue weighted by atomic mass is 10.1. The first-order valence-electron chi connectivity index (χ1n) is 5.91. The number of rotatable bonds is 3. The van der Waals surface area contributed by atoms with Crippen LogP contribution in [-0.2, 0) is 0 Å². The molecule has 1 aromatic rings. The van der Waals surface area contributed by atoms with Crippen molar-refractivity contribution < 1.29 is 9.13 Å². The van der Waals surface area contributed by atoms with E-state index in [2.05, 4.69) is 24.2 Å². The van der Waals surface area contributed by atoms with Gasteiger partial charge in [-0.2, -0.15) is 0 Å². The molecule has 2 rings (SSSR count). The number of thioether (sulfide) groups is 1. The van der Waals surface area contributed by atoms with E-state index in [1.165, 1.54) is 19.2 Å². The molecule has 0 unspecified atom stereocenters. The molecule has 3 nitrogen and oxygen atoms in total. The van der Waals surface area contributed by atoms with E-state index in [1.54, 1.807) is 17.8 Å². The first kappa shape index (κ1) is 13.2. The number of hydrogen-bond acceptors (Lipinski definition) is 4. The van der Waals surface area contributed by atoms with Gasteiger partial charge in [-0.25, -0.2) is 4.39 Å². The Kier molecular flexibility index (Phi) is 4.11. The van der Waals surface area contributed by atoms with E-state index in [9.17, 15) is 4.39 Å². The molecule has 1 aliphatic heterocycles. The second-order valence-corrected chi connectivity index (χ2v) is 5.53. The number of benzene rings is 1. The summed E-state index contributed by atoms with van der Waals surface area (Å²) in [7, 11) is 1.53. The standard InChI is InChI=1S/C13H17FN2OS/c1-8(2)11-7-18-13(16-11)15-10-5-4-9(14)6-12(10)17-3/h4-6,8,11H,7H2,1-3H3,(H,15,16)/t11-/m1/s1. The summed E-state index contributed by atoms with van der Waals surface area (Å²) in [4.78, 5) is 4.60. The van der Waals surface area contributed by atoms with Gasteiger partial charge in [0, 0.05) is 11.8 Å². The fourth-order valence-electron chi connectivity index (χ4n) is 1.68. The number of halogens is 1. The molecule has 0 bridgehead atoms. The van der Waals surface area contributed by atoms with Crippen LogP contribution >= 0.6 is 11.8 Å². The van der Waals surface area contributed by atoms with Crippen LogP contribution in [0.5, 0.6) is 5.75 Å². The van der Waals surface area contributed by atoms with Crippen molar-refractivity contribution in [1.29, 1.82) is 0 Å². The minimum Gasteiger partial charge on any atom is -0.494 e. The van der Waals surface area contributed by atoms with Gasteiger partial charge in [0.25, 0.3) is 0 Å². The Bertz CT molecular complexity index is 462. The van der Waals surface area contributed by atoms with E-state index in [-0.39, 0.29) is 5.82 Å². The summed E-state index contributed by atoms with van der Waals surface area (Å²) in [6.45, 7) is 4.33. The predicted octanol–water partition coefficient (Wildman–Crippen LogP) is 3.37. The van der Waals surface area contributed by atoms with Crippen LogP contribution in [-0.4, -0.2) is 24.1 Å². The topological polar surface area (TPSA) is 33.6 Å². The van der Waals surface area contributed by atoms with Crippen LogP contribution in [0.3, 0.4) is 0 Å². The summed E-state index contributed by atoms with van der Waals surface area (Å²) in [6, 6.07) is 4.79. The van der Waals surface area contributed by atoms with E-state index in [4.69, 9.17) is 4.74 Å². The third kappa shape index (κ3) is 2.96. The zero-order valence-corrected chi connectivity index (χ0v) is 11.6. The van der Waals surface area contributed by atoms with E-state index < -0.39 is 0 Å². The van der Waals surface area contributed by atoms with Crippen molar-refractivity contribution >= 4 is 22.6 Å². The number of methoxy groups -OCH3 is 1. The monoisotopic (exact) mass is 268 g/mol. The van der Waals surface area contributed by atoms with Crippen LogP contribution in [0.15, 0.2) is 23.2 Å². The summed E-state index contributed by atoms with van der Waals surface area (Å²) in [5.41, 5.74) is 0.745. The molecule has 0 saturated heterocycles. The van der Waals surface area contributed by atoms with Gasteiger partial charge >= 0.3 is 0 Å². The zero-order valence-electron chi connectivity index (χ0n) is 10.7. The molecule has 0 saturated carbocycles. The minimum absolute atomic E-state index is 0.307. The van der Waals surface area contributed by atoms with Gasteiger partial charge in [-0.3, -0.25) is 4.99 Å². The molecule has 5 heteroatoms. The average molecular weight is 268 g/mol. The second kappa shape index (κ2) is 5.61. The number of aliphatic imine (C=N–C) groups is 1. The molecule has 1 atom stereocenters. The molecular formula is C13H17FN2OS. The van der Waals surface area contributed by atoms with Crippen molar-refractivity contribution in [3.8, 4) is 5.75 Å². The van der Waals surface area contributed by atoms with Crippen LogP contribution in [0.2, 0.25) is 0 Å². The molecule has 18 heavy (non-hydrogen) atoms. The largest absolute Gasteiger partial charge is 0.494 e. The highest BCUT2D eigenvalue weighted by Crippen LogP contribution is 2.29. The Morgan fingerprint density at radius 1 is 1.50 bits per heavy atom. The number of hydrogen-bond donors (Lipinski definition) is 1. The summed E-state index contributed by atoms with van der Waals surface area (Å²) < 4.78 is 18.2. The van der Waals surface area contributed by atoms with Gasteiger partial charge in [0.05, 0.1) is 18.8 Å². The molecule has 0 amide bonds. The van der Waals surface area contributed by atoms with Crippen molar-refractivity contribution in [2.45, 2.75) is 19.9 Å². The first-order chi connectivity index (χ1) is 8.60. The predicted molar refractivity (Wildman–Crippen MR) is 75.1 cm³/mol. The minimum atomic E-state index is -0.307. The third-order valence-corrected chi connectivity index (χ3v) is 3.84. The number of ether oxygens (including phenoxy) is 1. The second-order valence-electron chi connectivity index (χ2n) is 4.53. The Labute approximate surface area is 111 Å². The smallest absolute Gasteiger partial charge is 0.161 e. The molecule has 1 heterocycles. The van der Waals surface area contributed by atoms with Gasteiger partial charge in [0.1, 0.15) is 11.6 Å². The van der Waals surface area contributed by atoms with Crippen molar-refractivity contribution in [1.82, 2.24) is 0 Å². The quantitative estimate of drug-likeness (QED) is 0.912. The number of nitrogens with one attached hydrogen (secondary N) is 1. The number of anilines is 1. The van der Waals surface area contributed by atoms with Crippen LogP contribution < -0.4 is 10.1 Å². The van der Waals surface area contributed by atoms with Crippen LogP contribution in [0, 0.1) is 11.7 Å². The maximum atomic E-state index is 13.1. The Balaban J connectivity index is 2.13. The molecule has 0 aromatic heterocycles. The fraction of sp³-hybridized carbons (Fsp3) is 0.462. The summed E-state index contributed by atoms with van der Waals surface area (Å²) in [5.74, 6) is 1.71. The Morgan fingerprint density at radius 2 is 2.28 bits per heavy atom. The number of nitrogens with zero attached hydrogens (tertiary/aromatic N) is 1. The highest BCUT2D eigenvalue weighted by molar-refractivity contribution is 8.14. The molecule has 0 fully saturated rings. The molecule has 1 aliphatic rings. The number of amidine groups is 1. The highest BCUT2D eigenvalue weighted by atomic mass is 32.2. The van der Waals surface area contributed by atoms with Crippen LogP contribution in [0.1, 0.15) is 13.8 Å². The van der Waals surface area contributed by atoms with Gasteiger partial charge < -0.3 is 10.1 Å². The van der Waals surface area contributed by atoms with Crippen molar-refractivity contribution in [3.63, 3.8) is 0 Å². The van der Waals surface area contributed by atoms with Crippen molar-refractivity contribution in [2.24, 2.45) is 10.9 Å². The maximum Gasteiger partial charge on any atom is 0.161 e. The van der Waals surface area contributed by atoms with E-state index in [1.807, 2.05) is 0 Å². The Hall–Kier alpha value is -1.23. The van der Waals surface area contributed by atoms with Crippen molar-refractivity contribution in [2.75, 3.05) is 18.2 Å². The van der Waals surface area contributed by atoms with Gasteiger partial charge in [0.2, 0.25) is 0 Å². The average Bonchev–Trinajstić information content (AvgIpc) is 2.80. The molecule has 0 aliphatic carbocycles. The lowest BCUT2D eigenvalue weighted by Crippen LogP contribution is -2.12. The SMILES string of the molecule is COc1cc(F)ccc1NC1=N[C@@H](C(C)C)CS1. The highest BCUT2D eigenvalue weighted by Gasteiger charge is 2.21. The Morgan fingerprint density at radius 3 is 2.89 bits per heavy atom. The van der Waals surface area contributed by atoms with E-state index >= 15 is 0 Å². The van der Waals surface area contributed by atoms with Gasteiger partial charge in [-0.15, -0.1) is 0 Å². The fourth-order valence-corrected chi connectivity index (χ4v) is 2.86. The lowest BCUT2D eigenvalue weighted by molar-refractivity contribution is 0.413. The van der Waals surface area contributed by atoms with Crippen LogP contribution in [0.25, 0.3) is 0 Å². The van der Waals surface area contributed by atoms with E-state index in [0.29, 0.717) is 17.7 Å². The molecule has 98 valence electrons. The van der Waals surface area contributed by atoms with Crippen molar-refractivity contribution in [3.05, 3.63) is 24.0 Å².